The third kappa shape index (κ3) is 7.39. The van der Waals surface area contributed by atoms with Crippen molar-refractivity contribution in [2.75, 3.05) is 12.5 Å². The molecule has 1 aromatic rings. The fraction of sp³-hybridized carbons (Fsp3) is 0.556. The molecule has 0 aliphatic carbocycles. The average Bonchev–Trinajstić information content (AvgIpc) is 2.47. The van der Waals surface area contributed by atoms with Gasteiger partial charge in [0.1, 0.15) is 11.6 Å². The van der Waals surface area contributed by atoms with Gasteiger partial charge in [-0.2, -0.15) is 0 Å². The molecule has 1 aromatic carbocycles. The molecular formula is C18H24ClFO. The van der Waals surface area contributed by atoms with Gasteiger partial charge in [0.2, 0.25) is 0 Å². The van der Waals surface area contributed by atoms with E-state index in [1.54, 1.807) is 6.07 Å². The molecule has 1 unspecified atom stereocenters. The highest BCUT2D eigenvalue weighted by atomic mass is 35.5. The van der Waals surface area contributed by atoms with Crippen molar-refractivity contribution in [1.82, 2.24) is 0 Å². The van der Waals surface area contributed by atoms with Gasteiger partial charge in [-0.05, 0) is 24.5 Å². The molecule has 0 fully saturated rings. The van der Waals surface area contributed by atoms with Gasteiger partial charge in [-0.3, -0.25) is 0 Å². The molecule has 1 atom stereocenters. The second-order valence-corrected chi connectivity index (χ2v) is 5.52. The summed E-state index contributed by atoms with van der Waals surface area (Å²) < 4.78 is 19.3. The lowest BCUT2D eigenvalue weighted by atomic mass is 10.0. The Labute approximate surface area is 132 Å². The van der Waals surface area contributed by atoms with Crippen LogP contribution in [-0.2, 0) is 0 Å². The first-order valence-electron chi connectivity index (χ1n) is 7.67. The summed E-state index contributed by atoms with van der Waals surface area (Å²) >= 11 is 5.57. The smallest absolute Gasteiger partial charge is 0.128 e. The SMILES string of the molecule is CCCCC(CC)COc1cc(F)cc(C#CCCCl)c1. The first kappa shape index (κ1) is 17.9. The lowest BCUT2D eigenvalue weighted by Gasteiger charge is -2.15. The fourth-order valence-corrected chi connectivity index (χ4v) is 2.14. The van der Waals surface area contributed by atoms with Crippen molar-refractivity contribution in [2.24, 2.45) is 5.92 Å². The molecule has 1 nitrogen and oxygen atoms in total. The highest BCUT2D eigenvalue weighted by molar-refractivity contribution is 6.18. The molecule has 0 aromatic heterocycles. The third-order valence-corrected chi connectivity index (χ3v) is 3.54. The maximum atomic E-state index is 13.6. The minimum Gasteiger partial charge on any atom is -0.493 e. The zero-order valence-corrected chi connectivity index (χ0v) is 13.7. The number of benzene rings is 1. The second kappa shape index (κ2) is 10.5. The maximum absolute atomic E-state index is 13.6. The van der Waals surface area contributed by atoms with Crippen molar-refractivity contribution < 1.29 is 9.13 Å². The van der Waals surface area contributed by atoms with E-state index in [0.29, 0.717) is 36.1 Å². The van der Waals surface area contributed by atoms with Gasteiger partial charge < -0.3 is 4.74 Å². The largest absolute Gasteiger partial charge is 0.493 e. The van der Waals surface area contributed by atoms with E-state index in [-0.39, 0.29) is 5.82 Å². The summed E-state index contributed by atoms with van der Waals surface area (Å²) in [4.78, 5) is 0. The van der Waals surface area contributed by atoms with Crippen LogP contribution < -0.4 is 4.74 Å². The Morgan fingerprint density at radius 3 is 2.76 bits per heavy atom. The van der Waals surface area contributed by atoms with Crippen LogP contribution in [0.1, 0.15) is 51.5 Å². The maximum Gasteiger partial charge on any atom is 0.128 e. The molecule has 21 heavy (non-hydrogen) atoms. The quantitative estimate of drug-likeness (QED) is 0.461. The van der Waals surface area contributed by atoms with Crippen LogP contribution in [-0.4, -0.2) is 12.5 Å². The highest BCUT2D eigenvalue weighted by Crippen LogP contribution is 2.19. The molecule has 0 bridgehead atoms. The molecule has 0 saturated heterocycles. The van der Waals surface area contributed by atoms with Gasteiger partial charge in [0.25, 0.3) is 0 Å². The number of alkyl halides is 1. The van der Waals surface area contributed by atoms with Crippen molar-refractivity contribution in [3.63, 3.8) is 0 Å². The number of ether oxygens (including phenoxy) is 1. The van der Waals surface area contributed by atoms with Crippen molar-refractivity contribution in [1.29, 1.82) is 0 Å². The minimum atomic E-state index is -0.315. The number of halogens is 2. The lowest BCUT2D eigenvalue weighted by molar-refractivity contribution is 0.232. The van der Waals surface area contributed by atoms with Crippen LogP contribution in [0.25, 0.3) is 0 Å². The van der Waals surface area contributed by atoms with Crippen LogP contribution in [0.4, 0.5) is 4.39 Å². The van der Waals surface area contributed by atoms with Gasteiger partial charge in [0, 0.05) is 23.9 Å². The molecule has 0 aliphatic rings. The third-order valence-electron chi connectivity index (χ3n) is 3.35. The van der Waals surface area contributed by atoms with E-state index in [1.165, 1.54) is 25.0 Å². The van der Waals surface area contributed by atoms with Crippen molar-refractivity contribution in [3.8, 4) is 17.6 Å². The zero-order chi connectivity index (χ0) is 15.5. The van der Waals surface area contributed by atoms with Gasteiger partial charge in [-0.1, -0.05) is 45.0 Å². The summed E-state index contributed by atoms with van der Waals surface area (Å²) in [6.45, 7) is 4.98. The molecule has 3 heteroatoms. The summed E-state index contributed by atoms with van der Waals surface area (Å²) in [7, 11) is 0. The van der Waals surface area contributed by atoms with Gasteiger partial charge in [0.05, 0.1) is 6.61 Å². The van der Waals surface area contributed by atoms with Crippen molar-refractivity contribution in [3.05, 3.63) is 29.6 Å². The molecule has 0 radical (unpaired) electrons. The first-order valence-corrected chi connectivity index (χ1v) is 8.21. The van der Waals surface area contributed by atoms with E-state index < -0.39 is 0 Å². The van der Waals surface area contributed by atoms with Crippen LogP contribution in [0, 0.1) is 23.6 Å². The first-order chi connectivity index (χ1) is 10.2. The zero-order valence-electron chi connectivity index (χ0n) is 12.9. The van der Waals surface area contributed by atoms with E-state index in [1.807, 2.05) is 0 Å². The topological polar surface area (TPSA) is 9.23 Å². The van der Waals surface area contributed by atoms with Crippen LogP contribution >= 0.6 is 11.6 Å². The van der Waals surface area contributed by atoms with E-state index in [9.17, 15) is 4.39 Å². The predicted molar refractivity (Wildman–Crippen MR) is 87.4 cm³/mol. The van der Waals surface area contributed by atoms with Gasteiger partial charge in [-0.25, -0.2) is 4.39 Å². The van der Waals surface area contributed by atoms with E-state index in [4.69, 9.17) is 16.3 Å². The normalized spacial score (nSPS) is 11.6. The van der Waals surface area contributed by atoms with Crippen LogP contribution in [0.3, 0.4) is 0 Å². The average molecular weight is 311 g/mol. The summed E-state index contributed by atoms with van der Waals surface area (Å²) in [5.74, 6) is 7.07. The number of rotatable bonds is 8. The molecule has 116 valence electrons. The molecule has 0 heterocycles. The van der Waals surface area contributed by atoms with Crippen LogP contribution in [0.15, 0.2) is 18.2 Å². The summed E-state index contributed by atoms with van der Waals surface area (Å²) in [5.41, 5.74) is 0.636. The van der Waals surface area contributed by atoms with E-state index in [0.717, 1.165) is 12.8 Å². The highest BCUT2D eigenvalue weighted by Gasteiger charge is 2.08. The Bertz CT molecular complexity index is 476. The van der Waals surface area contributed by atoms with Crippen molar-refractivity contribution in [2.45, 2.75) is 46.0 Å². The molecule has 0 spiro atoms. The molecule has 0 amide bonds. The van der Waals surface area contributed by atoms with Crippen LogP contribution in [0.5, 0.6) is 5.75 Å². The lowest BCUT2D eigenvalue weighted by Crippen LogP contribution is -2.11. The molecule has 0 aliphatic heterocycles. The number of hydrogen-bond acceptors (Lipinski definition) is 1. The van der Waals surface area contributed by atoms with E-state index >= 15 is 0 Å². The minimum absolute atomic E-state index is 0.315. The molecule has 0 saturated carbocycles. The van der Waals surface area contributed by atoms with Crippen LogP contribution in [0.2, 0.25) is 0 Å². The fourth-order valence-electron chi connectivity index (χ4n) is 2.04. The standard InChI is InChI=1S/C18H24ClFO/c1-3-5-8-15(4-2)14-21-18-12-16(9-6-7-10-19)11-17(20)13-18/h11-13,15H,3-5,7-8,10,14H2,1-2H3. The summed E-state index contributed by atoms with van der Waals surface area (Å²) in [6.07, 6.45) is 5.24. The Balaban J connectivity index is 2.64. The number of unbranched alkanes of at least 4 members (excludes halogenated alkanes) is 1. The second-order valence-electron chi connectivity index (χ2n) is 5.14. The monoisotopic (exact) mass is 310 g/mol. The predicted octanol–water partition coefficient (Wildman–Crippen LogP) is 5.40. The number of hydrogen-bond donors (Lipinski definition) is 0. The van der Waals surface area contributed by atoms with Gasteiger partial charge in [-0.15, -0.1) is 11.6 Å². The molecular weight excluding hydrogens is 287 g/mol. The van der Waals surface area contributed by atoms with Gasteiger partial charge in [0.15, 0.2) is 0 Å². The Morgan fingerprint density at radius 2 is 2.10 bits per heavy atom. The molecule has 0 N–H and O–H groups in total. The summed E-state index contributed by atoms with van der Waals surface area (Å²) in [6, 6.07) is 4.62. The summed E-state index contributed by atoms with van der Waals surface area (Å²) in [5, 5.41) is 0. The van der Waals surface area contributed by atoms with Crippen molar-refractivity contribution >= 4 is 11.6 Å². The Hall–Kier alpha value is -1.20. The Kier molecular flexibility index (Phi) is 8.94. The van der Waals surface area contributed by atoms with E-state index in [2.05, 4.69) is 25.7 Å². The Morgan fingerprint density at radius 1 is 1.29 bits per heavy atom. The molecule has 1 rings (SSSR count). The van der Waals surface area contributed by atoms with Gasteiger partial charge >= 0.3 is 0 Å².